The molecule has 24 heavy (non-hydrogen) atoms. The number of aromatic nitrogens is 6. The predicted octanol–water partition coefficient (Wildman–Crippen LogP) is 2.19. The fraction of sp³-hybridized carbons (Fsp3) is 0.500. The first-order valence-corrected chi connectivity index (χ1v) is 8.31. The number of nitrogens with one attached hydrogen (secondary N) is 1. The van der Waals surface area contributed by atoms with Crippen LogP contribution >= 0.6 is 0 Å². The first kappa shape index (κ1) is 14.9. The second kappa shape index (κ2) is 6.46. The Kier molecular flexibility index (Phi) is 4.02. The Labute approximate surface area is 139 Å². The molecule has 0 saturated heterocycles. The van der Waals surface area contributed by atoms with E-state index < -0.39 is 0 Å². The lowest BCUT2D eigenvalue weighted by Gasteiger charge is -2.14. The van der Waals surface area contributed by atoms with Crippen molar-refractivity contribution >= 4 is 17.0 Å². The minimum Gasteiger partial charge on any atom is -0.425 e. The molecule has 2 atom stereocenters. The summed E-state index contributed by atoms with van der Waals surface area (Å²) in [6, 6.07) is 0.365. The molecule has 3 heterocycles. The summed E-state index contributed by atoms with van der Waals surface area (Å²) in [6.45, 7) is 2.02. The van der Waals surface area contributed by atoms with Crippen LogP contribution in [0.5, 0.6) is 0 Å². The van der Waals surface area contributed by atoms with Crippen molar-refractivity contribution in [1.82, 2.24) is 30.1 Å². The first-order chi connectivity index (χ1) is 11.8. The van der Waals surface area contributed by atoms with Crippen LogP contribution in [0.1, 0.15) is 38.0 Å². The fourth-order valence-corrected chi connectivity index (χ4v) is 3.25. The molecule has 1 fully saturated rings. The molecule has 0 aliphatic heterocycles. The highest BCUT2D eigenvalue weighted by atomic mass is 16.4. The highest BCUT2D eigenvalue weighted by molar-refractivity contribution is 5.81. The van der Waals surface area contributed by atoms with Gasteiger partial charge in [-0.2, -0.15) is 0 Å². The van der Waals surface area contributed by atoms with E-state index in [-0.39, 0.29) is 0 Å². The second-order valence-corrected chi connectivity index (χ2v) is 6.12. The van der Waals surface area contributed by atoms with Crippen molar-refractivity contribution in [3.8, 4) is 0 Å². The normalized spacial score (nSPS) is 20.5. The minimum absolute atomic E-state index is 0.365. The Balaban J connectivity index is 1.41. The van der Waals surface area contributed by atoms with Crippen molar-refractivity contribution in [3.63, 3.8) is 0 Å². The molecule has 1 aliphatic carbocycles. The Bertz CT molecular complexity index is 829. The molecular weight excluding hydrogens is 306 g/mol. The van der Waals surface area contributed by atoms with Crippen LogP contribution in [0.15, 0.2) is 23.1 Å². The van der Waals surface area contributed by atoms with Gasteiger partial charge in [-0.1, -0.05) is 6.92 Å². The largest absolute Gasteiger partial charge is 0.425 e. The van der Waals surface area contributed by atoms with Gasteiger partial charge in [0.1, 0.15) is 11.8 Å². The summed E-state index contributed by atoms with van der Waals surface area (Å²) in [5.74, 6) is 2.76. The Morgan fingerprint density at radius 3 is 2.83 bits per heavy atom. The van der Waals surface area contributed by atoms with Crippen LogP contribution in [-0.4, -0.2) is 36.2 Å². The number of hydrogen-bond donors (Lipinski definition) is 1. The van der Waals surface area contributed by atoms with E-state index in [1.54, 1.807) is 12.4 Å². The highest BCUT2D eigenvalue weighted by Crippen LogP contribution is 2.31. The zero-order chi connectivity index (χ0) is 16.4. The van der Waals surface area contributed by atoms with Gasteiger partial charge in [0, 0.05) is 31.3 Å². The van der Waals surface area contributed by atoms with Crippen molar-refractivity contribution in [2.45, 2.75) is 45.1 Å². The molecule has 124 valence electrons. The molecule has 1 N–H and O–H groups in total. The quantitative estimate of drug-likeness (QED) is 0.761. The van der Waals surface area contributed by atoms with Gasteiger partial charge in [-0.05, 0) is 25.2 Å². The lowest BCUT2D eigenvalue weighted by atomic mass is 10.0. The van der Waals surface area contributed by atoms with E-state index in [4.69, 9.17) is 4.42 Å². The van der Waals surface area contributed by atoms with Gasteiger partial charge >= 0.3 is 0 Å². The Morgan fingerprint density at radius 1 is 1.08 bits per heavy atom. The third-order valence-corrected chi connectivity index (χ3v) is 4.43. The molecule has 4 rings (SSSR count). The zero-order valence-corrected chi connectivity index (χ0v) is 13.5. The van der Waals surface area contributed by atoms with Crippen LogP contribution in [0, 0.1) is 5.92 Å². The average Bonchev–Trinajstić information content (AvgIpc) is 3.25. The maximum Gasteiger partial charge on any atom is 0.216 e. The summed E-state index contributed by atoms with van der Waals surface area (Å²) in [5.41, 5.74) is 1.33. The van der Waals surface area contributed by atoms with Gasteiger partial charge in [-0.15, -0.1) is 10.2 Å². The van der Waals surface area contributed by atoms with E-state index in [1.807, 2.05) is 6.92 Å². The Morgan fingerprint density at radius 2 is 1.96 bits per heavy atom. The van der Waals surface area contributed by atoms with Crippen LogP contribution in [-0.2, 0) is 12.8 Å². The molecule has 3 aromatic heterocycles. The number of anilines is 1. The number of hydrogen-bond acceptors (Lipinski definition) is 8. The average molecular weight is 325 g/mol. The van der Waals surface area contributed by atoms with Crippen molar-refractivity contribution in [3.05, 3.63) is 30.5 Å². The second-order valence-electron chi connectivity index (χ2n) is 6.12. The molecule has 8 nitrogen and oxygen atoms in total. The summed E-state index contributed by atoms with van der Waals surface area (Å²) >= 11 is 0. The molecule has 0 amide bonds. The molecule has 8 heteroatoms. The molecule has 0 bridgehead atoms. The third-order valence-electron chi connectivity index (χ3n) is 4.43. The van der Waals surface area contributed by atoms with Crippen molar-refractivity contribution in [1.29, 1.82) is 0 Å². The van der Waals surface area contributed by atoms with E-state index in [0.29, 0.717) is 29.0 Å². The van der Waals surface area contributed by atoms with Gasteiger partial charge in [0.15, 0.2) is 11.5 Å². The fourth-order valence-electron chi connectivity index (χ4n) is 3.25. The van der Waals surface area contributed by atoms with Gasteiger partial charge in [-0.3, -0.25) is 0 Å². The topological polar surface area (TPSA) is 103 Å². The van der Waals surface area contributed by atoms with Crippen molar-refractivity contribution in [2.24, 2.45) is 5.92 Å². The maximum absolute atomic E-state index is 5.62. The van der Waals surface area contributed by atoms with Gasteiger partial charge in [-0.25, -0.2) is 19.9 Å². The van der Waals surface area contributed by atoms with Crippen molar-refractivity contribution < 1.29 is 4.42 Å². The third kappa shape index (κ3) is 3.04. The minimum atomic E-state index is 0.365. The van der Waals surface area contributed by atoms with E-state index >= 15 is 0 Å². The monoisotopic (exact) mass is 325 g/mol. The van der Waals surface area contributed by atoms with Crippen LogP contribution in [0.3, 0.4) is 0 Å². The van der Waals surface area contributed by atoms with Crippen LogP contribution in [0.2, 0.25) is 0 Å². The summed E-state index contributed by atoms with van der Waals surface area (Å²) in [5, 5.41) is 11.7. The lowest BCUT2D eigenvalue weighted by Crippen LogP contribution is -2.17. The summed E-state index contributed by atoms with van der Waals surface area (Å²) < 4.78 is 5.62. The molecule has 0 radical (unpaired) electrons. The Hall–Kier alpha value is -2.64. The SMILES string of the molecule is CCc1nnc(C[C@@H]2CC[C@H](Nc3ncnc4nccnc34)C2)o1. The molecule has 1 saturated carbocycles. The van der Waals surface area contributed by atoms with Gasteiger partial charge in [0.25, 0.3) is 0 Å². The molecule has 0 aromatic carbocycles. The number of rotatable bonds is 5. The van der Waals surface area contributed by atoms with Gasteiger partial charge in [0.2, 0.25) is 11.8 Å². The van der Waals surface area contributed by atoms with E-state index in [2.05, 4.69) is 35.5 Å². The predicted molar refractivity (Wildman–Crippen MR) is 87.3 cm³/mol. The summed E-state index contributed by atoms with van der Waals surface area (Å²) in [7, 11) is 0. The lowest BCUT2D eigenvalue weighted by molar-refractivity contribution is 0.409. The highest BCUT2D eigenvalue weighted by Gasteiger charge is 2.27. The molecule has 0 unspecified atom stereocenters. The number of fused-ring (bicyclic) bond motifs is 1. The smallest absolute Gasteiger partial charge is 0.216 e. The molecule has 1 aliphatic rings. The number of nitrogens with zero attached hydrogens (tertiary/aromatic N) is 6. The number of aryl methyl sites for hydroxylation is 1. The molecule has 3 aromatic rings. The zero-order valence-electron chi connectivity index (χ0n) is 13.5. The molecular formula is C16H19N7O. The summed E-state index contributed by atoms with van der Waals surface area (Å²) in [4.78, 5) is 17.0. The van der Waals surface area contributed by atoms with Crippen LogP contribution < -0.4 is 5.32 Å². The van der Waals surface area contributed by atoms with Crippen molar-refractivity contribution in [2.75, 3.05) is 5.32 Å². The van der Waals surface area contributed by atoms with Gasteiger partial charge < -0.3 is 9.73 Å². The first-order valence-electron chi connectivity index (χ1n) is 8.31. The van der Waals surface area contributed by atoms with Crippen LogP contribution in [0.25, 0.3) is 11.2 Å². The summed E-state index contributed by atoms with van der Waals surface area (Å²) in [6.07, 6.45) is 9.72. The standard InChI is InChI=1S/C16H19N7O/c1-2-12-22-23-13(24-12)8-10-3-4-11(7-10)21-16-14-15(19-9-20-16)18-6-5-17-14/h5-6,9-11H,2-4,7-8H2,1H3,(H,18,19,20,21)/t10-,11+/m1/s1. The van der Waals surface area contributed by atoms with Crippen LogP contribution in [0.4, 0.5) is 5.82 Å². The van der Waals surface area contributed by atoms with E-state index in [9.17, 15) is 0 Å². The van der Waals surface area contributed by atoms with Gasteiger partial charge in [0.05, 0.1) is 0 Å². The van der Waals surface area contributed by atoms with E-state index in [1.165, 1.54) is 6.33 Å². The van der Waals surface area contributed by atoms with E-state index in [0.717, 1.165) is 43.8 Å². The molecule has 0 spiro atoms. The maximum atomic E-state index is 5.62.